The van der Waals surface area contributed by atoms with Crippen LogP contribution in [0.3, 0.4) is 0 Å². The van der Waals surface area contributed by atoms with Crippen LogP contribution >= 0.6 is 0 Å². The fraction of sp³-hybridized carbons (Fsp3) is 0.857. The number of carbonyl (C=O) groups excluding carboxylic acids is 6. The van der Waals surface area contributed by atoms with Gasteiger partial charge in [-0.05, 0) is 154 Å². The lowest BCUT2D eigenvalue weighted by Crippen LogP contribution is -2.50. The largest absolute Gasteiger partial charge is 0.545 e. The molecular formula is C84H168N6O12. The lowest BCUT2D eigenvalue weighted by Gasteiger charge is -2.38. The van der Waals surface area contributed by atoms with E-state index in [-0.39, 0.29) is 0 Å². The van der Waals surface area contributed by atoms with Gasteiger partial charge in [0.1, 0.15) is 0 Å². The molecule has 0 fully saturated rings. The van der Waals surface area contributed by atoms with Gasteiger partial charge in [0.05, 0.1) is 193 Å². The molecule has 1 rings (SSSR count). The zero-order chi connectivity index (χ0) is 79.9. The molecule has 0 heterocycles. The predicted molar refractivity (Wildman–Crippen MR) is 418 cm³/mol. The Kier molecular flexibility index (Phi) is 70.6. The molecule has 18 heteroatoms. The van der Waals surface area contributed by atoms with Crippen LogP contribution in [-0.2, 0) is 0 Å². The van der Waals surface area contributed by atoms with Crippen molar-refractivity contribution in [1.82, 2.24) is 0 Å². The number of carboxylic acids is 6. The van der Waals surface area contributed by atoms with Gasteiger partial charge in [0, 0.05) is 33.4 Å². The maximum absolute atomic E-state index is 11.0. The second-order valence-electron chi connectivity index (χ2n) is 29.4. The van der Waals surface area contributed by atoms with Crippen molar-refractivity contribution < 1.29 is 86.3 Å². The van der Waals surface area contributed by atoms with E-state index in [1.165, 1.54) is 338 Å². The standard InChI is InChI=1S/6C12H28N.C12H6O12/c6*1-5-9-13(10-6-2,11-7-3)12-8-4;13-7(14)1-2(8(15)16)4(10(19)20)6(12(23)24)5(11(21)22)3(1)9(17)18/h6*5-12H2,1-4H3;(H,13,14)(H,15,16)(H,17,18)(H,19,20)(H,21,22)(H,23,24)/q6*+1;/p-6. The van der Waals surface area contributed by atoms with Crippen molar-refractivity contribution in [3.63, 3.8) is 0 Å². The number of nitrogens with zero attached hydrogens (tertiary/aromatic N) is 6. The molecule has 0 spiro atoms. The molecule has 606 valence electrons. The minimum absolute atomic E-state index is 1.33. The molecule has 102 heavy (non-hydrogen) atoms. The molecule has 0 unspecified atom stereocenters. The van der Waals surface area contributed by atoms with Crippen LogP contribution < -0.4 is 30.6 Å². The summed E-state index contributed by atoms with van der Waals surface area (Å²) in [4.78, 5) is 66.0. The summed E-state index contributed by atoms with van der Waals surface area (Å²) in [5, 5.41) is 66.0. The highest BCUT2D eigenvalue weighted by atomic mass is 16.4. The fourth-order valence-corrected chi connectivity index (χ4v) is 17.4. The summed E-state index contributed by atoms with van der Waals surface area (Å²) in [7, 11) is 0. The third-order valence-electron chi connectivity index (χ3n) is 19.5. The number of benzene rings is 1. The summed E-state index contributed by atoms with van der Waals surface area (Å²) in [6.45, 7) is 88.7. The van der Waals surface area contributed by atoms with Gasteiger partial charge in [-0.3, -0.25) is 0 Å². The molecule has 0 N–H and O–H groups in total. The predicted octanol–water partition coefficient (Wildman–Crippen LogP) is 12.5. The highest BCUT2D eigenvalue weighted by Crippen LogP contribution is 2.28. The smallest absolute Gasteiger partial charge is 0.0783 e. The Balaban J connectivity index is -0.000000268. The highest BCUT2D eigenvalue weighted by Gasteiger charge is 2.30. The maximum atomic E-state index is 11.0. The number of rotatable bonds is 54. The van der Waals surface area contributed by atoms with E-state index in [9.17, 15) is 59.4 Å². The molecule has 0 aromatic heterocycles. The van der Waals surface area contributed by atoms with Crippen molar-refractivity contribution in [3.05, 3.63) is 33.4 Å². The molecule has 0 aliphatic heterocycles. The Bertz CT molecular complexity index is 1670. The van der Waals surface area contributed by atoms with Gasteiger partial charge in [-0.25, -0.2) is 0 Å². The normalized spacial score (nSPS) is 11.5. The van der Waals surface area contributed by atoms with Crippen LogP contribution in [0, 0.1) is 0 Å². The molecule has 0 bridgehead atoms. The summed E-state index contributed by atoms with van der Waals surface area (Å²) in [6, 6.07) is 0. The monoisotopic (exact) mass is 1450 g/mol. The molecule has 1 aromatic rings. The van der Waals surface area contributed by atoms with Gasteiger partial charge in [0.25, 0.3) is 0 Å². The topological polar surface area (TPSA) is 241 Å². The Morgan fingerprint density at radius 2 is 0.196 bits per heavy atom. The Hall–Kier alpha value is -4.20. The number of hydrogen-bond acceptors (Lipinski definition) is 12. The van der Waals surface area contributed by atoms with Crippen LogP contribution in [0.25, 0.3) is 0 Å². The summed E-state index contributed by atoms with van der Waals surface area (Å²) in [5.41, 5.74) is -12.0. The van der Waals surface area contributed by atoms with E-state index >= 15 is 0 Å². The van der Waals surface area contributed by atoms with E-state index in [4.69, 9.17) is 0 Å². The first-order chi connectivity index (χ1) is 48.4. The molecule has 0 atom stereocenters. The average Bonchev–Trinajstić information content (AvgIpc) is 3.54. The van der Waals surface area contributed by atoms with Crippen LogP contribution in [0.15, 0.2) is 0 Å². The van der Waals surface area contributed by atoms with Crippen molar-refractivity contribution in [2.75, 3.05) is 157 Å². The lowest BCUT2D eigenvalue weighted by molar-refractivity contribution is -0.928. The molecule has 18 nitrogen and oxygen atoms in total. The summed E-state index contributed by atoms with van der Waals surface area (Å²) < 4.78 is 8.25. The van der Waals surface area contributed by atoms with E-state index in [0.717, 1.165) is 0 Å². The quantitative estimate of drug-likeness (QED) is 0.0553. The van der Waals surface area contributed by atoms with Gasteiger partial charge in [-0.1, -0.05) is 166 Å². The molecule has 0 radical (unpaired) electrons. The van der Waals surface area contributed by atoms with Crippen LogP contribution in [0.1, 0.15) is 382 Å². The number of carbonyl (C=O) groups is 6. The molecule has 0 aliphatic carbocycles. The fourth-order valence-electron chi connectivity index (χ4n) is 17.4. The van der Waals surface area contributed by atoms with Gasteiger partial charge in [0.2, 0.25) is 0 Å². The van der Waals surface area contributed by atoms with E-state index < -0.39 is 69.2 Å². The number of carboxylic acid groups (broad SMARTS) is 6. The molecular weight excluding hydrogens is 1280 g/mol. The molecule has 0 saturated carbocycles. The summed E-state index contributed by atoms with van der Waals surface area (Å²) in [5.74, 6) is -16.0. The van der Waals surface area contributed by atoms with Crippen LogP contribution in [0.2, 0.25) is 0 Å². The second kappa shape index (κ2) is 66.3. The number of aromatic carboxylic acids is 6. The van der Waals surface area contributed by atoms with Crippen molar-refractivity contribution >= 4 is 35.8 Å². The van der Waals surface area contributed by atoms with Crippen molar-refractivity contribution in [2.24, 2.45) is 0 Å². The van der Waals surface area contributed by atoms with Gasteiger partial charge in [-0.2, -0.15) is 0 Å². The van der Waals surface area contributed by atoms with Crippen molar-refractivity contribution in [2.45, 2.75) is 320 Å². The summed E-state index contributed by atoms with van der Waals surface area (Å²) >= 11 is 0. The molecule has 0 saturated heterocycles. The first-order valence-corrected chi connectivity index (χ1v) is 42.0. The van der Waals surface area contributed by atoms with E-state index in [2.05, 4.69) is 166 Å². The third kappa shape index (κ3) is 44.1. The SMILES string of the molecule is CCC[N+](CCC)(CCC)CCC.CCC[N+](CCC)(CCC)CCC.CCC[N+](CCC)(CCC)CCC.CCC[N+](CCC)(CCC)CCC.CCC[N+](CCC)(CCC)CCC.CCC[N+](CCC)(CCC)CCC.O=C([O-])c1c(C(=O)[O-])c(C(=O)[O-])c(C(=O)[O-])c(C(=O)[O-])c1C(=O)[O-]. The first-order valence-electron chi connectivity index (χ1n) is 42.0. The lowest BCUT2D eigenvalue weighted by atomic mass is 9.86. The van der Waals surface area contributed by atoms with Crippen molar-refractivity contribution in [3.8, 4) is 0 Å². The van der Waals surface area contributed by atoms with E-state index in [1.54, 1.807) is 0 Å². The van der Waals surface area contributed by atoms with E-state index in [0.29, 0.717) is 0 Å². The van der Waals surface area contributed by atoms with Crippen LogP contribution in [0.5, 0.6) is 0 Å². The Morgan fingerprint density at radius 1 is 0.147 bits per heavy atom. The van der Waals surface area contributed by atoms with Crippen LogP contribution in [-0.4, -0.2) is 220 Å². The molecule has 0 aliphatic rings. The van der Waals surface area contributed by atoms with Gasteiger partial charge >= 0.3 is 0 Å². The average molecular weight is 1450 g/mol. The minimum atomic E-state index is -2.66. The highest BCUT2D eigenvalue weighted by molar-refractivity contribution is 6.21. The summed E-state index contributed by atoms with van der Waals surface area (Å²) in [6.07, 6.45) is 32.0. The zero-order valence-corrected chi connectivity index (χ0v) is 71.5. The molecule has 0 amide bonds. The van der Waals surface area contributed by atoms with Crippen molar-refractivity contribution in [1.29, 1.82) is 0 Å². The first kappa shape index (κ1) is 109. The zero-order valence-electron chi connectivity index (χ0n) is 71.5. The van der Waals surface area contributed by atoms with Crippen LogP contribution in [0.4, 0.5) is 0 Å². The third-order valence-corrected chi connectivity index (χ3v) is 19.5. The van der Waals surface area contributed by atoms with Gasteiger partial charge < -0.3 is 86.3 Å². The maximum Gasteiger partial charge on any atom is 0.0783 e. The molecule has 1 aromatic carbocycles. The van der Waals surface area contributed by atoms with Gasteiger partial charge in [-0.15, -0.1) is 0 Å². The Morgan fingerprint density at radius 3 is 0.225 bits per heavy atom. The number of hydrogen-bond donors (Lipinski definition) is 0. The van der Waals surface area contributed by atoms with Gasteiger partial charge in [0.15, 0.2) is 0 Å². The van der Waals surface area contributed by atoms with E-state index in [1.807, 2.05) is 0 Å². The Labute approximate surface area is 629 Å². The number of quaternary nitrogens is 6. The minimum Gasteiger partial charge on any atom is -0.545 e. The second-order valence-corrected chi connectivity index (χ2v) is 29.4.